The van der Waals surface area contributed by atoms with Gasteiger partial charge in [0.1, 0.15) is 4.88 Å². The van der Waals surface area contributed by atoms with Crippen LogP contribution in [-0.4, -0.2) is 22.0 Å². The van der Waals surface area contributed by atoms with E-state index in [0.29, 0.717) is 19.5 Å². The first-order valence-electron chi connectivity index (χ1n) is 5.56. The number of thiazole rings is 1. The zero-order chi connectivity index (χ0) is 15.7. The number of halogens is 2. The fraction of sp³-hybridized carbons (Fsp3) is 0.0833. The smallest absolute Gasteiger partial charge is 0.337 e. The highest BCUT2D eigenvalue weighted by atomic mass is 79.9. The van der Waals surface area contributed by atoms with Crippen LogP contribution in [0.4, 0.5) is 10.8 Å². The lowest BCUT2D eigenvalue weighted by atomic mass is 10.1. The van der Waals surface area contributed by atoms with Crippen LogP contribution in [-0.2, 0) is 0 Å². The van der Waals surface area contributed by atoms with E-state index in [1.54, 1.807) is 13.0 Å². The standard InChI is InChI=1S/C12H9Br2N3O3S/c1-4-9(21-12(15)16-4)10(18)17-8-6(11(19)20)2-5(13)3-7(8)14/h2-3H,1H3,(H2,15,16)(H,17,18)(H,19,20). The van der Waals surface area contributed by atoms with Gasteiger partial charge in [0.25, 0.3) is 5.91 Å². The highest BCUT2D eigenvalue weighted by Crippen LogP contribution is 2.32. The summed E-state index contributed by atoms with van der Waals surface area (Å²) in [5.74, 6) is -1.60. The number of carboxylic acids is 1. The lowest BCUT2D eigenvalue weighted by molar-refractivity contribution is 0.0698. The van der Waals surface area contributed by atoms with E-state index in [2.05, 4.69) is 42.2 Å². The van der Waals surface area contributed by atoms with Gasteiger partial charge in [-0.15, -0.1) is 0 Å². The van der Waals surface area contributed by atoms with Crippen LogP contribution in [0.2, 0.25) is 0 Å². The largest absolute Gasteiger partial charge is 0.478 e. The number of carboxylic acid groups (broad SMARTS) is 1. The van der Waals surface area contributed by atoms with Gasteiger partial charge in [0, 0.05) is 8.95 Å². The lowest BCUT2D eigenvalue weighted by Crippen LogP contribution is -2.15. The Labute approximate surface area is 140 Å². The zero-order valence-electron chi connectivity index (χ0n) is 10.6. The number of nitrogen functional groups attached to an aromatic ring is 1. The first-order valence-corrected chi connectivity index (χ1v) is 7.96. The Hall–Kier alpha value is -1.45. The Morgan fingerprint density at radius 3 is 2.57 bits per heavy atom. The number of nitrogens with one attached hydrogen (secondary N) is 1. The van der Waals surface area contributed by atoms with Gasteiger partial charge in [-0.3, -0.25) is 4.79 Å². The van der Waals surface area contributed by atoms with E-state index in [4.69, 9.17) is 5.73 Å². The van der Waals surface area contributed by atoms with E-state index in [9.17, 15) is 14.7 Å². The maximum absolute atomic E-state index is 12.2. The predicted octanol–water partition coefficient (Wildman–Crippen LogP) is 3.51. The Kier molecular flexibility index (Phi) is 4.64. The van der Waals surface area contributed by atoms with E-state index in [1.165, 1.54) is 6.07 Å². The number of carbonyl (C=O) groups excluding carboxylic acids is 1. The van der Waals surface area contributed by atoms with Crippen LogP contribution in [0.25, 0.3) is 0 Å². The van der Waals surface area contributed by atoms with Crippen molar-refractivity contribution >= 4 is 65.9 Å². The molecule has 0 aliphatic carbocycles. The molecule has 9 heteroatoms. The lowest BCUT2D eigenvalue weighted by Gasteiger charge is -2.11. The molecule has 2 rings (SSSR count). The van der Waals surface area contributed by atoms with E-state index >= 15 is 0 Å². The third-order valence-electron chi connectivity index (χ3n) is 2.54. The molecule has 1 aromatic heterocycles. The highest BCUT2D eigenvalue weighted by molar-refractivity contribution is 9.11. The fourth-order valence-corrected chi connectivity index (χ4v) is 3.72. The van der Waals surface area contributed by atoms with Crippen molar-refractivity contribution < 1.29 is 14.7 Å². The van der Waals surface area contributed by atoms with Gasteiger partial charge in [0.15, 0.2) is 5.13 Å². The summed E-state index contributed by atoms with van der Waals surface area (Å²) in [5, 5.41) is 12.1. The maximum atomic E-state index is 12.2. The molecule has 0 bridgehead atoms. The van der Waals surface area contributed by atoms with Crippen LogP contribution in [0.1, 0.15) is 25.7 Å². The normalized spacial score (nSPS) is 10.4. The monoisotopic (exact) mass is 433 g/mol. The average Bonchev–Trinajstić information content (AvgIpc) is 2.71. The topological polar surface area (TPSA) is 105 Å². The molecule has 0 aliphatic rings. The minimum absolute atomic E-state index is 0.0280. The molecule has 21 heavy (non-hydrogen) atoms. The van der Waals surface area contributed by atoms with Crippen molar-refractivity contribution in [3.05, 3.63) is 37.2 Å². The number of nitrogens with two attached hydrogens (primary N) is 1. The highest BCUT2D eigenvalue weighted by Gasteiger charge is 2.20. The third kappa shape index (κ3) is 3.42. The number of carbonyl (C=O) groups is 2. The van der Waals surface area contributed by atoms with E-state index in [-0.39, 0.29) is 16.4 Å². The molecule has 0 spiro atoms. The predicted molar refractivity (Wildman–Crippen MR) is 88.0 cm³/mol. The van der Waals surface area contributed by atoms with Gasteiger partial charge in [-0.05, 0) is 35.0 Å². The van der Waals surface area contributed by atoms with Crippen LogP contribution < -0.4 is 11.1 Å². The van der Waals surface area contributed by atoms with Crippen LogP contribution in [0, 0.1) is 6.92 Å². The number of aromatic nitrogens is 1. The van der Waals surface area contributed by atoms with Crippen LogP contribution in [0.3, 0.4) is 0 Å². The van der Waals surface area contributed by atoms with Gasteiger partial charge >= 0.3 is 5.97 Å². The molecule has 0 saturated carbocycles. The zero-order valence-corrected chi connectivity index (χ0v) is 14.6. The Morgan fingerprint density at radius 1 is 1.38 bits per heavy atom. The van der Waals surface area contributed by atoms with Gasteiger partial charge < -0.3 is 16.2 Å². The molecular formula is C12H9Br2N3O3S. The van der Waals surface area contributed by atoms with Gasteiger partial charge in [0.2, 0.25) is 0 Å². The average molecular weight is 435 g/mol. The summed E-state index contributed by atoms with van der Waals surface area (Å²) in [6, 6.07) is 3.06. The van der Waals surface area contributed by atoms with Crippen molar-refractivity contribution in [1.82, 2.24) is 4.98 Å². The fourth-order valence-electron chi connectivity index (χ4n) is 1.67. The second kappa shape index (κ2) is 6.12. The summed E-state index contributed by atoms with van der Waals surface area (Å²) in [6.07, 6.45) is 0. The number of amides is 1. The Balaban J connectivity index is 2.42. The Bertz CT molecular complexity index is 746. The second-order valence-electron chi connectivity index (χ2n) is 4.04. The Morgan fingerprint density at radius 2 is 2.05 bits per heavy atom. The molecule has 1 aromatic carbocycles. The molecule has 110 valence electrons. The molecular weight excluding hydrogens is 426 g/mol. The van der Waals surface area contributed by atoms with Crippen molar-refractivity contribution in [2.24, 2.45) is 0 Å². The number of nitrogens with zero attached hydrogens (tertiary/aromatic N) is 1. The third-order valence-corrected chi connectivity index (χ3v) is 4.61. The number of hydrogen-bond acceptors (Lipinski definition) is 5. The van der Waals surface area contributed by atoms with E-state index in [0.717, 1.165) is 11.3 Å². The molecule has 0 radical (unpaired) electrons. The first-order chi connectivity index (χ1) is 9.79. The number of aryl methyl sites for hydroxylation is 1. The number of hydrogen-bond donors (Lipinski definition) is 3. The SMILES string of the molecule is Cc1nc(N)sc1C(=O)Nc1c(Br)cc(Br)cc1C(=O)O. The summed E-state index contributed by atoms with van der Waals surface area (Å²) in [5.41, 5.74) is 6.21. The summed E-state index contributed by atoms with van der Waals surface area (Å²) in [4.78, 5) is 27.8. The molecule has 6 nitrogen and oxygen atoms in total. The van der Waals surface area contributed by atoms with Crippen molar-refractivity contribution in [3.63, 3.8) is 0 Å². The molecule has 0 atom stereocenters. The maximum Gasteiger partial charge on any atom is 0.337 e. The molecule has 0 saturated heterocycles. The quantitative estimate of drug-likeness (QED) is 0.685. The second-order valence-corrected chi connectivity index (χ2v) is 6.84. The van der Waals surface area contributed by atoms with Crippen molar-refractivity contribution in [1.29, 1.82) is 0 Å². The molecule has 1 heterocycles. The van der Waals surface area contributed by atoms with Crippen molar-refractivity contribution in [2.45, 2.75) is 6.92 Å². The van der Waals surface area contributed by atoms with E-state index in [1.807, 2.05) is 0 Å². The van der Waals surface area contributed by atoms with E-state index < -0.39 is 11.9 Å². The minimum atomic E-state index is -1.15. The summed E-state index contributed by atoms with van der Waals surface area (Å²) >= 11 is 7.50. The molecule has 0 fully saturated rings. The van der Waals surface area contributed by atoms with Crippen LogP contribution in [0.5, 0.6) is 0 Å². The van der Waals surface area contributed by atoms with Crippen LogP contribution in [0.15, 0.2) is 21.1 Å². The molecule has 0 aliphatic heterocycles. The van der Waals surface area contributed by atoms with Gasteiger partial charge in [-0.2, -0.15) is 0 Å². The van der Waals surface area contributed by atoms with Gasteiger partial charge in [-0.25, -0.2) is 9.78 Å². The number of aromatic carboxylic acids is 1. The number of anilines is 2. The molecule has 0 unspecified atom stereocenters. The molecule has 1 amide bonds. The summed E-state index contributed by atoms with van der Waals surface area (Å²) in [7, 11) is 0. The minimum Gasteiger partial charge on any atom is -0.478 e. The number of rotatable bonds is 3. The van der Waals surface area contributed by atoms with Crippen molar-refractivity contribution in [2.75, 3.05) is 11.1 Å². The summed E-state index contributed by atoms with van der Waals surface area (Å²) in [6.45, 7) is 1.66. The molecule has 4 N–H and O–H groups in total. The number of benzene rings is 1. The van der Waals surface area contributed by atoms with Crippen molar-refractivity contribution in [3.8, 4) is 0 Å². The first kappa shape index (κ1) is 15.9. The molecule has 2 aromatic rings. The van der Waals surface area contributed by atoms with Crippen LogP contribution >= 0.6 is 43.2 Å². The summed E-state index contributed by atoms with van der Waals surface area (Å²) < 4.78 is 1.04. The van der Waals surface area contributed by atoms with Gasteiger partial charge in [-0.1, -0.05) is 27.3 Å². The van der Waals surface area contributed by atoms with Gasteiger partial charge in [0.05, 0.1) is 16.9 Å².